The van der Waals surface area contributed by atoms with Gasteiger partial charge in [0, 0.05) is 23.1 Å². The molecule has 0 atom stereocenters. The maximum atomic E-state index is 11.6. The summed E-state index contributed by atoms with van der Waals surface area (Å²) < 4.78 is 24.8. The predicted molar refractivity (Wildman–Crippen MR) is 75.3 cm³/mol. The number of rotatable bonds is 4. The Kier molecular flexibility index (Phi) is 3.30. The fourth-order valence-electron chi connectivity index (χ4n) is 2.27. The van der Waals surface area contributed by atoms with E-state index >= 15 is 0 Å². The first kappa shape index (κ1) is 13.6. The average molecular weight is 312 g/mol. The van der Waals surface area contributed by atoms with Crippen LogP contribution in [0.2, 0.25) is 0 Å². The summed E-state index contributed by atoms with van der Waals surface area (Å²) in [7, 11) is 1.57. The molecule has 1 aromatic carbocycles. The molecule has 0 amide bonds. The minimum absolute atomic E-state index is 0.134. The van der Waals surface area contributed by atoms with Crippen LogP contribution in [0, 0.1) is 6.92 Å². The van der Waals surface area contributed by atoms with Gasteiger partial charge in [0.15, 0.2) is 0 Å². The van der Waals surface area contributed by atoms with Crippen LogP contribution < -0.4 is 0 Å². The molecule has 1 aliphatic carbocycles. The molecule has 0 unspecified atom stereocenters. The fraction of sp³-hybridized carbons (Fsp3) is 0.385. The van der Waals surface area contributed by atoms with Crippen molar-refractivity contribution >= 4 is 19.7 Å². The summed E-state index contributed by atoms with van der Waals surface area (Å²) >= 11 is 0. The number of hydrogen-bond donors (Lipinski definition) is 0. The van der Waals surface area contributed by atoms with E-state index in [-0.39, 0.29) is 11.2 Å². The standard InChI is InChI=1S/C13H14ClN3O2S/c1-9-4-2-3-5-10(9)8-12-15-16-13(20(14,18)19)17(12)11-6-7-11/h2-5,11H,6-8H2,1H3. The lowest BCUT2D eigenvalue weighted by Gasteiger charge is -2.08. The largest absolute Gasteiger partial charge is 0.297 e. The lowest BCUT2D eigenvalue weighted by molar-refractivity contribution is 0.571. The van der Waals surface area contributed by atoms with E-state index < -0.39 is 9.05 Å². The van der Waals surface area contributed by atoms with E-state index in [9.17, 15) is 8.42 Å². The Hall–Kier alpha value is -1.40. The highest BCUT2D eigenvalue weighted by Gasteiger charge is 2.33. The monoisotopic (exact) mass is 311 g/mol. The van der Waals surface area contributed by atoms with Gasteiger partial charge in [-0.15, -0.1) is 10.2 Å². The molecule has 0 spiro atoms. The summed E-state index contributed by atoms with van der Waals surface area (Å²) in [6.45, 7) is 2.02. The van der Waals surface area contributed by atoms with Crippen LogP contribution in [0.3, 0.4) is 0 Å². The second-order valence-corrected chi connectivity index (χ2v) is 7.50. The lowest BCUT2D eigenvalue weighted by atomic mass is 10.1. The molecule has 0 radical (unpaired) electrons. The SMILES string of the molecule is Cc1ccccc1Cc1nnc(S(=O)(=O)Cl)n1C1CC1. The van der Waals surface area contributed by atoms with Crippen LogP contribution in [0.25, 0.3) is 0 Å². The lowest BCUT2D eigenvalue weighted by Crippen LogP contribution is -2.09. The first-order valence-corrected chi connectivity index (χ1v) is 8.70. The summed E-state index contributed by atoms with van der Waals surface area (Å²) in [4.78, 5) is 0. The first-order chi connectivity index (χ1) is 9.47. The van der Waals surface area contributed by atoms with E-state index in [2.05, 4.69) is 10.2 Å². The molecule has 1 fully saturated rings. The third kappa shape index (κ3) is 2.58. The van der Waals surface area contributed by atoms with Gasteiger partial charge >= 0.3 is 0 Å². The fourth-order valence-corrected chi connectivity index (χ4v) is 3.22. The van der Waals surface area contributed by atoms with Crippen LogP contribution >= 0.6 is 10.7 Å². The second-order valence-electron chi connectivity index (χ2n) is 5.04. The van der Waals surface area contributed by atoms with Gasteiger partial charge in [-0.25, -0.2) is 8.42 Å². The molecular weight excluding hydrogens is 298 g/mol. The highest BCUT2D eigenvalue weighted by molar-refractivity contribution is 8.13. The zero-order valence-electron chi connectivity index (χ0n) is 11.0. The van der Waals surface area contributed by atoms with Gasteiger partial charge in [-0.3, -0.25) is 4.57 Å². The van der Waals surface area contributed by atoms with Crippen LogP contribution in [-0.2, 0) is 15.5 Å². The molecular formula is C13H14ClN3O2S. The van der Waals surface area contributed by atoms with Gasteiger partial charge < -0.3 is 0 Å². The number of aromatic nitrogens is 3. The van der Waals surface area contributed by atoms with E-state index in [4.69, 9.17) is 10.7 Å². The molecule has 0 aliphatic heterocycles. The normalized spacial score (nSPS) is 15.5. The molecule has 2 aromatic rings. The molecule has 0 N–H and O–H groups in total. The van der Waals surface area contributed by atoms with E-state index in [1.54, 1.807) is 4.57 Å². The Labute approximate surface area is 122 Å². The van der Waals surface area contributed by atoms with Crippen molar-refractivity contribution in [3.8, 4) is 0 Å². The smallest absolute Gasteiger partial charge is 0.296 e. The van der Waals surface area contributed by atoms with Crippen LogP contribution in [0.5, 0.6) is 0 Å². The molecule has 1 heterocycles. The quantitative estimate of drug-likeness (QED) is 0.814. The topological polar surface area (TPSA) is 64.8 Å². The van der Waals surface area contributed by atoms with Crippen molar-refractivity contribution in [2.24, 2.45) is 0 Å². The zero-order chi connectivity index (χ0) is 14.3. The van der Waals surface area contributed by atoms with E-state index in [0.717, 1.165) is 24.0 Å². The van der Waals surface area contributed by atoms with Gasteiger partial charge in [0.1, 0.15) is 5.82 Å². The van der Waals surface area contributed by atoms with E-state index in [0.29, 0.717) is 12.2 Å². The summed E-state index contributed by atoms with van der Waals surface area (Å²) in [5.41, 5.74) is 2.26. The van der Waals surface area contributed by atoms with Gasteiger partial charge in [0.05, 0.1) is 0 Å². The van der Waals surface area contributed by atoms with Crippen molar-refractivity contribution in [1.82, 2.24) is 14.8 Å². The molecule has 1 aromatic heterocycles. The van der Waals surface area contributed by atoms with Gasteiger partial charge in [-0.1, -0.05) is 24.3 Å². The number of benzene rings is 1. The second kappa shape index (κ2) is 4.86. The summed E-state index contributed by atoms with van der Waals surface area (Å²) in [6.07, 6.45) is 2.44. The number of nitrogens with zero attached hydrogens (tertiary/aromatic N) is 3. The summed E-state index contributed by atoms with van der Waals surface area (Å²) in [6, 6.07) is 8.12. The molecule has 1 aliphatic rings. The van der Waals surface area contributed by atoms with Crippen molar-refractivity contribution in [3.05, 3.63) is 41.2 Å². The number of halogens is 1. The molecule has 3 rings (SSSR count). The minimum Gasteiger partial charge on any atom is -0.297 e. The van der Waals surface area contributed by atoms with Gasteiger partial charge in [0.2, 0.25) is 0 Å². The Morgan fingerprint density at radius 1 is 1.30 bits per heavy atom. The van der Waals surface area contributed by atoms with Gasteiger partial charge in [0.25, 0.3) is 14.2 Å². The Morgan fingerprint density at radius 3 is 2.60 bits per heavy atom. The van der Waals surface area contributed by atoms with Crippen molar-refractivity contribution in [1.29, 1.82) is 0 Å². The van der Waals surface area contributed by atoms with Crippen molar-refractivity contribution in [2.75, 3.05) is 0 Å². The van der Waals surface area contributed by atoms with E-state index in [1.807, 2.05) is 31.2 Å². The van der Waals surface area contributed by atoms with Crippen molar-refractivity contribution in [3.63, 3.8) is 0 Å². The molecule has 20 heavy (non-hydrogen) atoms. The summed E-state index contributed by atoms with van der Waals surface area (Å²) in [5.74, 6) is 0.654. The molecule has 5 nitrogen and oxygen atoms in total. The molecule has 0 bridgehead atoms. The highest BCUT2D eigenvalue weighted by Crippen LogP contribution is 2.38. The Balaban J connectivity index is 2.03. The molecule has 1 saturated carbocycles. The highest BCUT2D eigenvalue weighted by atomic mass is 35.7. The third-order valence-electron chi connectivity index (χ3n) is 3.48. The maximum Gasteiger partial charge on any atom is 0.296 e. The molecule has 0 saturated heterocycles. The summed E-state index contributed by atoms with van der Waals surface area (Å²) in [5, 5.41) is 7.66. The van der Waals surface area contributed by atoms with Gasteiger partial charge in [-0.2, -0.15) is 0 Å². The number of aryl methyl sites for hydroxylation is 1. The van der Waals surface area contributed by atoms with Gasteiger partial charge in [-0.05, 0) is 30.9 Å². The predicted octanol–water partition coefficient (Wildman–Crippen LogP) is 2.44. The Bertz CT molecular complexity index is 751. The maximum absolute atomic E-state index is 11.6. The minimum atomic E-state index is -3.86. The van der Waals surface area contributed by atoms with Crippen LogP contribution in [0.1, 0.15) is 35.8 Å². The Morgan fingerprint density at radius 2 is 2.00 bits per heavy atom. The third-order valence-corrected chi connectivity index (χ3v) is 4.60. The average Bonchev–Trinajstić information content (AvgIpc) is 3.12. The van der Waals surface area contributed by atoms with Crippen LogP contribution in [0.4, 0.5) is 0 Å². The van der Waals surface area contributed by atoms with E-state index in [1.165, 1.54) is 0 Å². The number of hydrogen-bond acceptors (Lipinski definition) is 4. The van der Waals surface area contributed by atoms with Crippen molar-refractivity contribution in [2.45, 2.75) is 37.4 Å². The van der Waals surface area contributed by atoms with Crippen LogP contribution in [-0.4, -0.2) is 23.2 Å². The molecule has 7 heteroatoms. The van der Waals surface area contributed by atoms with Crippen LogP contribution in [0.15, 0.2) is 29.4 Å². The zero-order valence-corrected chi connectivity index (χ0v) is 12.5. The molecule has 106 valence electrons. The first-order valence-electron chi connectivity index (χ1n) is 6.40. The van der Waals surface area contributed by atoms with Crippen molar-refractivity contribution < 1.29 is 8.42 Å².